The van der Waals surface area contributed by atoms with Crippen LogP contribution in [0.5, 0.6) is 0 Å². The molecular formula is C6H10F4O6S2. The molecule has 0 N–H and O–H groups in total. The molecular weight excluding hydrogens is 308 g/mol. The normalized spacial score (nSPS) is 14.8. The maximum absolute atomic E-state index is 12.9. The second-order valence-electron chi connectivity index (χ2n) is 3.34. The monoisotopic (exact) mass is 318 g/mol. The van der Waals surface area contributed by atoms with Crippen molar-refractivity contribution in [2.45, 2.75) is 11.8 Å². The second-order valence-corrected chi connectivity index (χ2v) is 6.63. The number of alkyl halides is 4. The molecule has 6 nitrogen and oxygen atoms in total. The highest BCUT2D eigenvalue weighted by molar-refractivity contribution is 7.86. The van der Waals surface area contributed by atoms with Crippen molar-refractivity contribution in [2.75, 3.05) is 25.7 Å². The number of halogens is 4. The molecule has 0 saturated carbocycles. The Bertz CT molecular complexity index is 436. The van der Waals surface area contributed by atoms with E-state index in [0.717, 1.165) is 0 Å². The van der Waals surface area contributed by atoms with Gasteiger partial charge in [0.2, 0.25) is 0 Å². The lowest BCUT2D eigenvalue weighted by Crippen LogP contribution is -2.48. The Morgan fingerprint density at radius 2 is 1.00 bits per heavy atom. The first-order chi connectivity index (χ1) is 7.66. The molecule has 0 aliphatic rings. The van der Waals surface area contributed by atoms with E-state index in [0.29, 0.717) is 12.5 Å². The maximum Gasteiger partial charge on any atom is 0.336 e. The second kappa shape index (κ2) is 5.27. The van der Waals surface area contributed by atoms with E-state index in [9.17, 15) is 34.4 Å². The van der Waals surface area contributed by atoms with Gasteiger partial charge in [-0.25, -0.2) is 0 Å². The molecule has 0 radical (unpaired) electrons. The van der Waals surface area contributed by atoms with Gasteiger partial charge in [0.05, 0.1) is 12.5 Å². The predicted octanol–water partition coefficient (Wildman–Crippen LogP) is 0.209. The van der Waals surface area contributed by atoms with Crippen molar-refractivity contribution >= 4 is 20.2 Å². The van der Waals surface area contributed by atoms with E-state index >= 15 is 0 Å². The van der Waals surface area contributed by atoms with Gasteiger partial charge in [0.15, 0.2) is 0 Å². The standard InChI is InChI=1S/C6H10F4O6S2/c1-17(11,12)15-3-5(7,8)6(9,10)4-16-18(2,13)14/h3-4H2,1-2H3. The van der Waals surface area contributed by atoms with Gasteiger partial charge in [0, 0.05) is 0 Å². The Balaban J connectivity index is 4.75. The summed E-state index contributed by atoms with van der Waals surface area (Å²) < 4.78 is 100. The number of rotatable bonds is 7. The van der Waals surface area contributed by atoms with Gasteiger partial charge in [-0.05, 0) is 0 Å². The summed E-state index contributed by atoms with van der Waals surface area (Å²) in [5, 5.41) is 0. The Morgan fingerprint density at radius 1 is 0.778 bits per heavy atom. The van der Waals surface area contributed by atoms with Crippen LogP contribution in [0.2, 0.25) is 0 Å². The topological polar surface area (TPSA) is 86.7 Å². The van der Waals surface area contributed by atoms with Crippen LogP contribution in [0, 0.1) is 0 Å². The smallest absolute Gasteiger partial charge is 0.264 e. The van der Waals surface area contributed by atoms with Crippen LogP contribution in [-0.4, -0.2) is 54.4 Å². The van der Waals surface area contributed by atoms with Gasteiger partial charge in [0.25, 0.3) is 20.2 Å². The summed E-state index contributed by atoms with van der Waals surface area (Å²) in [5.41, 5.74) is 0. The Kier molecular flexibility index (Phi) is 5.13. The summed E-state index contributed by atoms with van der Waals surface area (Å²) in [6.07, 6.45) is 0.794. The summed E-state index contributed by atoms with van der Waals surface area (Å²) in [6, 6.07) is 0. The van der Waals surface area contributed by atoms with Crippen LogP contribution in [0.4, 0.5) is 17.6 Å². The molecule has 0 fully saturated rings. The highest BCUT2D eigenvalue weighted by atomic mass is 32.2. The van der Waals surface area contributed by atoms with E-state index in [1.165, 1.54) is 0 Å². The van der Waals surface area contributed by atoms with Crippen LogP contribution in [0.1, 0.15) is 0 Å². The molecule has 0 aliphatic heterocycles. The third-order valence-corrected chi connectivity index (χ3v) is 2.54. The van der Waals surface area contributed by atoms with Crippen LogP contribution in [0.3, 0.4) is 0 Å². The molecule has 0 atom stereocenters. The molecule has 12 heteroatoms. The number of hydrogen-bond acceptors (Lipinski definition) is 6. The molecule has 110 valence electrons. The van der Waals surface area contributed by atoms with Crippen LogP contribution in [-0.2, 0) is 28.6 Å². The van der Waals surface area contributed by atoms with Gasteiger partial charge in [-0.15, -0.1) is 0 Å². The van der Waals surface area contributed by atoms with Crippen LogP contribution in [0.15, 0.2) is 0 Å². The summed E-state index contributed by atoms with van der Waals surface area (Å²) in [6.45, 7) is -4.24. The van der Waals surface area contributed by atoms with Gasteiger partial charge in [-0.1, -0.05) is 0 Å². The lowest BCUT2D eigenvalue weighted by atomic mass is 10.2. The van der Waals surface area contributed by atoms with Gasteiger partial charge in [-0.2, -0.15) is 34.4 Å². The number of hydrogen-bond donors (Lipinski definition) is 0. The first-order valence-corrected chi connectivity index (χ1v) is 7.74. The van der Waals surface area contributed by atoms with Crippen molar-refractivity contribution in [3.05, 3.63) is 0 Å². The third kappa shape index (κ3) is 6.47. The minimum Gasteiger partial charge on any atom is -0.264 e. The molecule has 0 bridgehead atoms. The summed E-state index contributed by atoms with van der Waals surface area (Å²) >= 11 is 0. The van der Waals surface area contributed by atoms with E-state index in [2.05, 4.69) is 8.37 Å². The van der Waals surface area contributed by atoms with Gasteiger partial charge >= 0.3 is 11.8 Å². The highest BCUT2D eigenvalue weighted by Gasteiger charge is 2.57. The summed E-state index contributed by atoms with van der Waals surface area (Å²) in [7, 11) is -8.67. The van der Waals surface area contributed by atoms with E-state index in [1.807, 2.05) is 0 Å². The summed E-state index contributed by atoms with van der Waals surface area (Å²) in [5.74, 6) is -9.80. The van der Waals surface area contributed by atoms with E-state index in [-0.39, 0.29) is 0 Å². The largest absolute Gasteiger partial charge is 0.336 e. The quantitative estimate of drug-likeness (QED) is 0.493. The molecule has 0 aromatic rings. The molecule has 0 aromatic heterocycles. The van der Waals surface area contributed by atoms with E-state index < -0.39 is 45.3 Å². The average Bonchev–Trinajstić information content (AvgIpc) is 2.10. The minimum absolute atomic E-state index is 0.397. The maximum atomic E-state index is 12.9. The zero-order valence-electron chi connectivity index (χ0n) is 9.19. The summed E-state index contributed by atoms with van der Waals surface area (Å²) in [4.78, 5) is 0. The fourth-order valence-corrected chi connectivity index (χ4v) is 1.30. The van der Waals surface area contributed by atoms with Crippen molar-refractivity contribution in [1.29, 1.82) is 0 Å². The highest BCUT2D eigenvalue weighted by Crippen LogP contribution is 2.35. The minimum atomic E-state index is -4.90. The molecule has 0 heterocycles. The molecule has 18 heavy (non-hydrogen) atoms. The molecule has 0 unspecified atom stereocenters. The zero-order chi connectivity index (χ0) is 14.8. The lowest BCUT2D eigenvalue weighted by molar-refractivity contribution is -0.231. The molecule has 0 spiro atoms. The predicted molar refractivity (Wildman–Crippen MR) is 51.5 cm³/mol. The molecule has 0 aliphatic carbocycles. The lowest BCUT2D eigenvalue weighted by Gasteiger charge is -2.25. The molecule has 0 aromatic carbocycles. The van der Waals surface area contributed by atoms with Gasteiger partial charge in [0.1, 0.15) is 13.2 Å². The molecule has 0 rings (SSSR count). The fourth-order valence-electron chi connectivity index (χ4n) is 0.573. The van der Waals surface area contributed by atoms with Crippen molar-refractivity contribution in [3.63, 3.8) is 0 Å². The van der Waals surface area contributed by atoms with Crippen molar-refractivity contribution < 1.29 is 42.8 Å². The first-order valence-electron chi connectivity index (χ1n) is 4.11. The fraction of sp³-hybridized carbons (Fsp3) is 1.00. The van der Waals surface area contributed by atoms with Crippen LogP contribution < -0.4 is 0 Å². The van der Waals surface area contributed by atoms with Crippen LogP contribution in [0.25, 0.3) is 0 Å². The van der Waals surface area contributed by atoms with Gasteiger partial charge < -0.3 is 0 Å². The zero-order valence-corrected chi connectivity index (χ0v) is 10.8. The molecule has 0 saturated heterocycles. The Labute approximate surface area is 101 Å². The van der Waals surface area contributed by atoms with Crippen LogP contribution >= 0.6 is 0 Å². The SMILES string of the molecule is CS(=O)(=O)OCC(F)(F)C(F)(F)COS(C)(=O)=O. The van der Waals surface area contributed by atoms with Crippen molar-refractivity contribution in [1.82, 2.24) is 0 Å². The Hall–Kier alpha value is -0.460. The average molecular weight is 318 g/mol. The van der Waals surface area contributed by atoms with E-state index in [4.69, 9.17) is 0 Å². The Morgan fingerprint density at radius 3 is 1.17 bits per heavy atom. The molecule has 0 amide bonds. The van der Waals surface area contributed by atoms with Gasteiger partial charge in [-0.3, -0.25) is 8.37 Å². The van der Waals surface area contributed by atoms with Crippen molar-refractivity contribution in [3.8, 4) is 0 Å². The van der Waals surface area contributed by atoms with E-state index in [1.54, 1.807) is 0 Å². The third-order valence-electron chi connectivity index (χ3n) is 1.44. The first kappa shape index (κ1) is 17.5. The van der Waals surface area contributed by atoms with Crippen molar-refractivity contribution in [2.24, 2.45) is 0 Å².